The van der Waals surface area contributed by atoms with E-state index in [2.05, 4.69) is 15.0 Å². The van der Waals surface area contributed by atoms with Gasteiger partial charge in [-0.05, 0) is 12.1 Å². The van der Waals surface area contributed by atoms with Crippen molar-refractivity contribution < 1.29 is 4.39 Å². The maximum absolute atomic E-state index is 13.4. The van der Waals surface area contributed by atoms with E-state index < -0.39 is 5.82 Å². The lowest BCUT2D eigenvalue weighted by Crippen LogP contribution is -1.99. The highest BCUT2D eigenvalue weighted by molar-refractivity contribution is 6.32. The molecule has 0 aliphatic rings. The second kappa shape index (κ2) is 3.78. The lowest BCUT2D eigenvalue weighted by Gasteiger charge is -2.04. The molecular formula is C9H6ClFN4. The number of pyridine rings is 1. The largest absolute Gasteiger partial charge is 0.394 e. The summed E-state index contributed by atoms with van der Waals surface area (Å²) in [6.07, 6.45) is 2.66. The molecule has 2 N–H and O–H groups in total. The van der Waals surface area contributed by atoms with Crippen molar-refractivity contribution in [1.29, 1.82) is 0 Å². The average Bonchev–Trinajstić information content (AvgIpc) is 2.23. The molecule has 2 aromatic rings. The predicted octanol–water partition coefficient (Wildman–Crippen LogP) is 1.91. The molecule has 0 spiro atoms. The normalized spacial score (nSPS) is 10.3. The first-order chi connectivity index (χ1) is 7.20. The van der Waals surface area contributed by atoms with Gasteiger partial charge in [0.25, 0.3) is 0 Å². The van der Waals surface area contributed by atoms with E-state index in [-0.39, 0.29) is 22.2 Å². The molecule has 0 aliphatic carbocycles. The van der Waals surface area contributed by atoms with Crippen molar-refractivity contribution >= 4 is 17.3 Å². The molecule has 0 fully saturated rings. The molecule has 0 saturated carbocycles. The van der Waals surface area contributed by atoms with Crippen LogP contribution in [0.3, 0.4) is 0 Å². The van der Waals surface area contributed by atoms with Gasteiger partial charge in [-0.25, -0.2) is 14.4 Å². The van der Waals surface area contributed by atoms with E-state index in [1.165, 1.54) is 24.7 Å². The van der Waals surface area contributed by atoms with E-state index in [0.29, 0.717) is 0 Å². The number of nitrogens with zero attached hydrogens (tertiary/aromatic N) is 3. The molecule has 15 heavy (non-hydrogen) atoms. The minimum atomic E-state index is -0.501. The highest BCUT2D eigenvalue weighted by Crippen LogP contribution is 2.27. The summed E-state index contributed by atoms with van der Waals surface area (Å²) in [5.41, 5.74) is 6.01. The van der Waals surface area contributed by atoms with Gasteiger partial charge in [-0.2, -0.15) is 0 Å². The minimum absolute atomic E-state index is 0.0688. The summed E-state index contributed by atoms with van der Waals surface area (Å²) >= 11 is 5.69. The lowest BCUT2D eigenvalue weighted by molar-refractivity contribution is 0.625. The van der Waals surface area contributed by atoms with E-state index >= 15 is 0 Å². The molecule has 4 nitrogen and oxygen atoms in total. The lowest BCUT2D eigenvalue weighted by atomic mass is 10.2. The van der Waals surface area contributed by atoms with Gasteiger partial charge < -0.3 is 5.73 Å². The van der Waals surface area contributed by atoms with Gasteiger partial charge in [0.05, 0.1) is 5.69 Å². The summed E-state index contributed by atoms with van der Waals surface area (Å²) < 4.78 is 13.4. The standard InChI is InChI=1S/C9H6ClFN4/c10-9-6(12)8(14-4-15-9)7-5(11)2-1-3-13-7/h1-4H,12H2. The molecule has 2 heterocycles. The Labute approximate surface area is 90.0 Å². The summed E-state index contributed by atoms with van der Waals surface area (Å²) in [7, 11) is 0. The van der Waals surface area contributed by atoms with Crippen LogP contribution in [0.2, 0.25) is 5.15 Å². The maximum atomic E-state index is 13.4. The van der Waals surface area contributed by atoms with E-state index in [9.17, 15) is 4.39 Å². The van der Waals surface area contributed by atoms with Crippen LogP contribution in [-0.2, 0) is 0 Å². The third kappa shape index (κ3) is 1.73. The van der Waals surface area contributed by atoms with Crippen LogP contribution in [0.15, 0.2) is 24.7 Å². The fourth-order valence-electron chi connectivity index (χ4n) is 1.12. The zero-order valence-electron chi connectivity index (χ0n) is 7.48. The van der Waals surface area contributed by atoms with Gasteiger partial charge in [-0.3, -0.25) is 4.98 Å². The minimum Gasteiger partial charge on any atom is -0.394 e. The van der Waals surface area contributed by atoms with Crippen molar-refractivity contribution in [2.24, 2.45) is 0 Å². The Bertz CT molecular complexity index is 503. The molecule has 0 saturated heterocycles. The predicted molar refractivity (Wildman–Crippen MR) is 54.6 cm³/mol. The Morgan fingerprint density at radius 1 is 1.20 bits per heavy atom. The molecule has 0 bridgehead atoms. The van der Waals surface area contributed by atoms with E-state index in [1.54, 1.807) is 0 Å². The summed E-state index contributed by atoms with van der Waals surface area (Å²) in [5.74, 6) is -0.501. The number of halogens is 2. The number of aromatic nitrogens is 3. The molecule has 0 radical (unpaired) electrons. The van der Waals surface area contributed by atoms with Crippen LogP contribution in [-0.4, -0.2) is 15.0 Å². The van der Waals surface area contributed by atoms with Gasteiger partial charge >= 0.3 is 0 Å². The highest BCUT2D eigenvalue weighted by atomic mass is 35.5. The molecule has 0 aromatic carbocycles. The Morgan fingerprint density at radius 2 is 2.00 bits per heavy atom. The molecule has 2 rings (SSSR count). The van der Waals surface area contributed by atoms with Gasteiger partial charge in [0.1, 0.15) is 17.7 Å². The van der Waals surface area contributed by atoms with Crippen molar-refractivity contribution in [3.63, 3.8) is 0 Å². The van der Waals surface area contributed by atoms with Crippen LogP contribution in [0.25, 0.3) is 11.4 Å². The molecule has 6 heteroatoms. The smallest absolute Gasteiger partial charge is 0.156 e. The third-order valence-electron chi connectivity index (χ3n) is 1.82. The maximum Gasteiger partial charge on any atom is 0.156 e. The van der Waals surface area contributed by atoms with Crippen molar-refractivity contribution in [3.8, 4) is 11.4 Å². The van der Waals surface area contributed by atoms with E-state index in [0.717, 1.165) is 0 Å². The summed E-state index contributed by atoms with van der Waals surface area (Å²) in [6.45, 7) is 0. The number of nitrogen functional groups attached to an aromatic ring is 1. The molecular weight excluding hydrogens is 219 g/mol. The zero-order chi connectivity index (χ0) is 10.8. The topological polar surface area (TPSA) is 64.7 Å². The van der Waals surface area contributed by atoms with Gasteiger partial charge in [-0.15, -0.1) is 0 Å². The first kappa shape index (κ1) is 9.79. The number of nitrogens with two attached hydrogens (primary N) is 1. The van der Waals surface area contributed by atoms with Crippen LogP contribution in [0.4, 0.5) is 10.1 Å². The van der Waals surface area contributed by atoms with Crippen LogP contribution in [0.5, 0.6) is 0 Å². The van der Waals surface area contributed by atoms with Crippen LogP contribution in [0.1, 0.15) is 0 Å². The highest BCUT2D eigenvalue weighted by Gasteiger charge is 2.13. The van der Waals surface area contributed by atoms with Gasteiger partial charge in [0.2, 0.25) is 0 Å². The monoisotopic (exact) mass is 224 g/mol. The van der Waals surface area contributed by atoms with Gasteiger partial charge in [0.15, 0.2) is 11.0 Å². The number of anilines is 1. The van der Waals surface area contributed by atoms with Crippen molar-refractivity contribution in [3.05, 3.63) is 35.6 Å². The summed E-state index contributed by atoms with van der Waals surface area (Å²) in [5, 5.41) is 0.0880. The van der Waals surface area contributed by atoms with Crippen molar-refractivity contribution in [1.82, 2.24) is 15.0 Å². The van der Waals surface area contributed by atoms with Gasteiger partial charge in [-0.1, -0.05) is 11.6 Å². The van der Waals surface area contributed by atoms with Crippen LogP contribution < -0.4 is 5.73 Å². The Kier molecular flexibility index (Phi) is 2.47. The molecule has 0 aliphatic heterocycles. The fraction of sp³-hybridized carbons (Fsp3) is 0. The summed E-state index contributed by atoms with van der Waals surface area (Å²) in [4.78, 5) is 11.4. The van der Waals surface area contributed by atoms with Crippen LogP contribution in [0, 0.1) is 5.82 Å². The Balaban J connectivity index is 2.65. The third-order valence-corrected chi connectivity index (χ3v) is 2.12. The quantitative estimate of drug-likeness (QED) is 0.752. The molecule has 0 amide bonds. The Hall–Kier alpha value is -1.75. The Morgan fingerprint density at radius 3 is 2.73 bits per heavy atom. The zero-order valence-corrected chi connectivity index (χ0v) is 8.24. The number of rotatable bonds is 1. The summed E-state index contributed by atoms with van der Waals surface area (Å²) in [6, 6.07) is 2.76. The first-order valence-corrected chi connectivity index (χ1v) is 4.45. The number of hydrogen-bond acceptors (Lipinski definition) is 4. The van der Waals surface area contributed by atoms with E-state index in [4.69, 9.17) is 17.3 Å². The molecule has 0 atom stereocenters. The van der Waals surface area contributed by atoms with Gasteiger partial charge in [0, 0.05) is 6.20 Å². The number of hydrogen-bond donors (Lipinski definition) is 1. The average molecular weight is 225 g/mol. The van der Waals surface area contributed by atoms with E-state index in [1.807, 2.05) is 0 Å². The fourth-order valence-corrected chi connectivity index (χ4v) is 1.26. The second-order valence-electron chi connectivity index (χ2n) is 2.76. The second-order valence-corrected chi connectivity index (χ2v) is 3.12. The molecule has 2 aromatic heterocycles. The van der Waals surface area contributed by atoms with Crippen molar-refractivity contribution in [2.45, 2.75) is 0 Å². The molecule has 76 valence electrons. The first-order valence-electron chi connectivity index (χ1n) is 4.07. The van der Waals surface area contributed by atoms with Crippen LogP contribution >= 0.6 is 11.6 Å². The molecule has 0 unspecified atom stereocenters. The SMILES string of the molecule is Nc1c(Cl)ncnc1-c1ncccc1F. The van der Waals surface area contributed by atoms with Crippen molar-refractivity contribution in [2.75, 3.05) is 5.73 Å².